The molecule has 27 heavy (non-hydrogen) atoms. The molecule has 3 rings (SSSR count). The fourth-order valence-electron chi connectivity index (χ4n) is 3.75. The Morgan fingerprint density at radius 3 is 2.59 bits per heavy atom. The van der Waals surface area contributed by atoms with Gasteiger partial charge in [-0.2, -0.15) is 0 Å². The lowest BCUT2D eigenvalue weighted by atomic mass is 10.1. The number of carbonyl (C=O) groups excluding carboxylic acids is 2. The van der Waals surface area contributed by atoms with Crippen LogP contribution in [-0.2, 0) is 9.53 Å². The van der Waals surface area contributed by atoms with Gasteiger partial charge in [-0.15, -0.1) is 0 Å². The number of ether oxygens (including phenoxy) is 1. The summed E-state index contributed by atoms with van der Waals surface area (Å²) in [6, 6.07) is 6.25. The maximum absolute atomic E-state index is 12.4. The molecular weight excluding hydrogens is 346 g/mol. The lowest BCUT2D eigenvalue weighted by Crippen LogP contribution is -3.16. The largest absolute Gasteiger partial charge is 0.450 e. The predicted octanol–water partition coefficient (Wildman–Crippen LogP) is -1.06. The molecule has 0 atom stereocenters. The van der Waals surface area contributed by atoms with E-state index in [-0.39, 0.29) is 18.0 Å². The van der Waals surface area contributed by atoms with E-state index in [1.54, 1.807) is 4.90 Å². The molecule has 2 aliphatic rings. The summed E-state index contributed by atoms with van der Waals surface area (Å²) in [7, 11) is 0. The second-order valence-corrected chi connectivity index (χ2v) is 7.19. The average molecular weight is 377 g/mol. The summed E-state index contributed by atoms with van der Waals surface area (Å²) in [6.45, 7) is 7.81. The molecule has 0 bridgehead atoms. The van der Waals surface area contributed by atoms with Crippen molar-refractivity contribution in [2.45, 2.75) is 25.8 Å². The number of carbonyl (C=O) groups is 2. The van der Waals surface area contributed by atoms with Crippen LogP contribution in [0, 0.1) is 0 Å². The van der Waals surface area contributed by atoms with Crippen molar-refractivity contribution in [3.63, 3.8) is 0 Å². The van der Waals surface area contributed by atoms with E-state index in [1.807, 2.05) is 25.3 Å². The zero-order chi connectivity index (χ0) is 19.1. The van der Waals surface area contributed by atoms with E-state index >= 15 is 0 Å². The van der Waals surface area contributed by atoms with Crippen LogP contribution in [-0.4, -0.2) is 75.4 Å². The molecule has 2 amide bonds. The molecule has 0 aromatic carbocycles. The fraction of sp³-hybridized carbons (Fsp3) is 0.632. The van der Waals surface area contributed by atoms with E-state index < -0.39 is 0 Å². The maximum atomic E-state index is 12.4. The number of rotatable bonds is 5. The van der Waals surface area contributed by atoms with Gasteiger partial charge in [-0.25, -0.2) is 9.78 Å². The molecule has 0 saturated carbocycles. The molecule has 2 saturated heterocycles. The standard InChI is InChI=1S/C19H29N5O3/c1-2-27-19(26)24-9-6-16(7-10-24)21-18(25)15-22-11-13-23(14-12-22)17-5-3-4-8-20-17/h3-5,8,16H,2,6-7,9-15H2,1H3,(H,21,25)/p+2. The monoisotopic (exact) mass is 377 g/mol. The van der Waals surface area contributed by atoms with E-state index in [1.165, 1.54) is 4.90 Å². The van der Waals surface area contributed by atoms with Gasteiger partial charge in [-0.1, -0.05) is 6.07 Å². The van der Waals surface area contributed by atoms with Crippen LogP contribution < -0.4 is 20.1 Å². The number of H-pyrrole nitrogens is 1. The summed E-state index contributed by atoms with van der Waals surface area (Å²) < 4.78 is 5.03. The number of anilines is 1. The van der Waals surface area contributed by atoms with Gasteiger partial charge in [0.05, 0.1) is 12.8 Å². The van der Waals surface area contributed by atoms with Crippen LogP contribution in [0.15, 0.2) is 24.4 Å². The fourth-order valence-corrected chi connectivity index (χ4v) is 3.75. The minimum absolute atomic E-state index is 0.110. The van der Waals surface area contributed by atoms with E-state index in [0.29, 0.717) is 26.2 Å². The van der Waals surface area contributed by atoms with Gasteiger partial charge in [0.15, 0.2) is 6.54 Å². The summed E-state index contributed by atoms with van der Waals surface area (Å²) in [5.41, 5.74) is 0. The Morgan fingerprint density at radius 2 is 1.96 bits per heavy atom. The minimum Gasteiger partial charge on any atom is -0.450 e. The van der Waals surface area contributed by atoms with E-state index in [2.05, 4.69) is 21.3 Å². The van der Waals surface area contributed by atoms with Gasteiger partial charge < -0.3 is 19.9 Å². The minimum atomic E-state index is -0.250. The molecule has 0 radical (unpaired) electrons. The second-order valence-electron chi connectivity index (χ2n) is 7.19. The number of piperazine rings is 1. The third kappa shape index (κ3) is 5.56. The summed E-state index contributed by atoms with van der Waals surface area (Å²) >= 11 is 0. The van der Waals surface area contributed by atoms with Crippen molar-refractivity contribution in [1.82, 2.24) is 10.2 Å². The Hall–Kier alpha value is -2.35. The third-order valence-electron chi connectivity index (χ3n) is 5.30. The van der Waals surface area contributed by atoms with Gasteiger partial charge in [-0.3, -0.25) is 9.69 Å². The van der Waals surface area contributed by atoms with E-state index in [9.17, 15) is 9.59 Å². The summed E-state index contributed by atoms with van der Waals surface area (Å²) in [5, 5.41) is 3.14. The molecule has 0 spiro atoms. The molecular formula is C19H31N5O3+2. The quantitative estimate of drug-likeness (QED) is 0.686. The first-order chi connectivity index (χ1) is 13.2. The van der Waals surface area contributed by atoms with Crippen molar-refractivity contribution >= 4 is 17.8 Å². The van der Waals surface area contributed by atoms with Crippen molar-refractivity contribution in [2.24, 2.45) is 0 Å². The zero-order valence-corrected chi connectivity index (χ0v) is 16.1. The highest BCUT2D eigenvalue weighted by Crippen LogP contribution is 2.11. The van der Waals surface area contributed by atoms with Crippen molar-refractivity contribution in [3.8, 4) is 0 Å². The van der Waals surface area contributed by atoms with Crippen molar-refractivity contribution in [2.75, 3.05) is 57.3 Å². The number of pyridine rings is 1. The highest BCUT2D eigenvalue weighted by atomic mass is 16.6. The number of nitrogens with one attached hydrogen (secondary N) is 3. The Morgan fingerprint density at radius 1 is 1.22 bits per heavy atom. The van der Waals surface area contributed by atoms with Crippen LogP contribution in [0.25, 0.3) is 0 Å². The van der Waals surface area contributed by atoms with Crippen LogP contribution >= 0.6 is 0 Å². The number of amides is 2. The van der Waals surface area contributed by atoms with Crippen LogP contribution in [0.1, 0.15) is 19.8 Å². The highest BCUT2D eigenvalue weighted by molar-refractivity contribution is 5.77. The lowest BCUT2D eigenvalue weighted by Gasteiger charge is -2.32. The van der Waals surface area contributed by atoms with E-state index in [0.717, 1.165) is 44.8 Å². The molecule has 3 heterocycles. The molecule has 8 heteroatoms. The van der Waals surface area contributed by atoms with E-state index in [4.69, 9.17) is 4.74 Å². The normalized spacial score (nSPS) is 19.0. The Bertz CT molecular complexity index is 611. The van der Waals surface area contributed by atoms with Crippen LogP contribution in [0.4, 0.5) is 10.6 Å². The first-order valence-electron chi connectivity index (χ1n) is 9.92. The Kier molecular flexibility index (Phi) is 6.86. The predicted molar refractivity (Wildman–Crippen MR) is 101 cm³/mol. The molecule has 2 fully saturated rings. The molecule has 0 unspecified atom stereocenters. The SMILES string of the molecule is CCOC(=O)N1CCC(NC(=O)C[NH+]2CCN(c3cccc[nH+]3)CC2)CC1. The van der Waals surface area contributed by atoms with Crippen LogP contribution in [0.2, 0.25) is 0 Å². The maximum Gasteiger partial charge on any atom is 0.409 e. The number of aromatic amines is 1. The summed E-state index contributed by atoms with van der Waals surface area (Å²) in [4.78, 5) is 32.8. The Balaban J connectivity index is 1.35. The van der Waals surface area contributed by atoms with Gasteiger partial charge in [0.2, 0.25) is 0 Å². The number of piperidine rings is 1. The molecule has 148 valence electrons. The first kappa shape index (κ1) is 19.4. The third-order valence-corrected chi connectivity index (χ3v) is 5.30. The van der Waals surface area contributed by atoms with Crippen LogP contribution in [0.3, 0.4) is 0 Å². The van der Waals surface area contributed by atoms with Gasteiger partial charge >= 0.3 is 6.09 Å². The van der Waals surface area contributed by atoms with Crippen molar-refractivity contribution in [1.29, 1.82) is 0 Å². The van der Waals surface area contributed by atoms with Crippen molar-refractivity contribution in [3.05, 3.63) is 24.4 Å². The molecule has 0 aliphatic carbocycles. The van der Waals surface area contributed by atoms with Gasteiger partial charge in [0.1, 0.15) is 26.2 Å². The molecule has 2 aliphatic heterocycles. The number of likely N-dealkylation sites (tertiary alicyclic amines) is 1. The van der Waals surface area contributed by atoms with Gasteiger partial charge in [0.25, 0.3) is 11.7 Å². The number of quaternary nitrogens is 1. The number of aromatic nitrogens is 1. The molecule has 1 aromatic rings. The summed E-state index contributed by atoms with van der Waals surface area (Å²) in [5.74, 6) is 1.24. The molecule has 1 aromatic heterocycles. The summed E-state index contributed by atoms with van der Waals surface area (Å²) in [6.07, 6.45) is 3.27. The lowest BCUT2D eigenvalue weighted by molar-refractivity contribution is -0.892. The highest BCUT2D eigenvalue weighted by Gasteiger charge is 2.29. The molecule has 8 nitrogen and oxygen atoms in total. The number of hydrogen-bond acceptors (Lipinski definition) is 4. The topological polar surface area (TPSA) is 80.5 Å². The number of hydrogen-bond donors (Lipinski definition) is 2. The van der Waals surface area contributed by atoms with Crippen LogP contribution in [0.5, 0.6) is 0 Å². The second kappa shape index (κ2) is 9.55. The first-order valence-corrected chi connectivity index (χ1v) is 9.92. The van der Waals surface area contributed by atoms with Gasteiger partial charge in [-0.05, 0) is 25.8 Å². The van der Waals surface area contributed by atoms with Crippen molar-refractivity contribution < 1.29 is 24.2 Å². The van der Waals surface area contributed by atoms with Gasteiger partial charge in [0, 0.05) is 25.2 Å². The zero-order valence-electron chi connectivity index (χ0n) is 16.1. The smallest absolute Gasteiger partial charge is 0.409 e. The number of nitrogens with zero attached hydrogens (tertiary/aromatic N) is 2. The Labute approximate surface area is 160 Å². The molecule has 3 N–H and O–H groups in total. The average Bonchev–Trinajstić information content (AvgIpc) is 2.70.